The number of hydrazine groups is 1. The normalized spacial score (nSPS) is 13.0. The number of aryl methyl sites for hydroxylation is 1. The Bertz CT molecular complexity index is 700. The van der Waals surface area contributed by atoms with Crippen molar-refractivity contribution in [3.8, 4) is 0 Å². The molecule has 0 amide bonds. The highest BCUT2D eigenvalue weighted by atomic mass is 79.9. The third-order valence-corrected chi connectivity index (χ3v) is 3.65. The summed E-state index contributed by atoms with van der Waals surface area (Å²) in [4.78, 5) is 0. The van der Waals surface area contributed by atoms with Gasteiger partial charge in [0.1, 0.15) is 5.58 Å². The fraction of sp³-hybridized carbons (Fsp3) is 0.167. The Labute approximate surface area is 117 Å². The molecule has 3 aromatic rings. The van der Waals surface area contributed by atoms with Crippen molar-refractivity contribution in [2.24, 2.45) is 12.9 Å². The van der Waals surface area contributed by atoms with Gasteiger partial charge in [0.05, 0.1) is 18.0 Å². The Hall–Kier alpha value is -1.70. The predicted molar refractivity (Wildman–Crippen MR) is 74.1 cm³/mol. The standard InChI is InChI=1S/C12H12BrN5O/c1-18-11(12(13)16-17-18)10(15-14)8-6-19-9-5-3-2-4-7(8)9/h2-6,10,15H,14H2,1H3. The summed E-state index contributed by atoms with van der Waals surface area (Å²) in [7, 11) is 1.82. The predicted octanol–water partition coefficient (Wildman–Crippen LogP) is 1.88. The van der Waals surface area contributed by atoms with Crippen LogP contribution in [0, 0.1) is 0 Å². The van der Waals surface area contributed by atoms with E-state index >= 15 is 0 Å². The number of para-hydroxylation sites is 1. The number of rotatable bonds is 3. The fourth-order valence-corrected chi connectivity index (χ4v) is 2.74. The minimum Gasteiger partial charge on any atom is -0.464 e. The highest BCUT2D eigenvalue weighted by molar-refractivity contribution is 9.10. The van der Waals surface area contributed by atoms with Crippen molar-refractivity contribution in [1.29, 1.82) is 0 Å². The van der Waals surface area contributed by atoms with Crippen LogP contribution < -0.4 is 11.3 Å². The van der Waals surface area contributed by atoms with Gasteiger partial charge in [-0.3, -0.25) is 5.84 Å². The molecule has 1 unspecified atom stereocenters. The summed E-state index contributed by atoms with van der Waals surface area (Å²) in [6.07, 6.45) is 1.70. The maximum Gasteiger partial charge on any atom is 0.153 e. The maximum atomic E-state index is 5.70. The number of nitrogens with zero attached hydrogens (tertiary/aromatic N) is 3. The Morgan fingerprint density at radius 2 is 2.21 bits per heavy atom. The molecule has 0 bridgehead atoms. The van der Waals surface area contributed by atoms with E-state index in [9.17, 15) is 0 Å². The van der Waals surface area contributed by atoms with Crippen LogP contribution in [0.3, 0.4) is 0 Å². The van der Waals surface area contributed by atoms with E-state index in [0.29, 0.717) is 4.60 Å². The number of hydrogen-bond donors (Lipinski definition) is 2. The van der Waals surface area contributed by atoms with E-state index < -0.39 is 0 Å². The first-order valence-corrected chi connectivity index (χ1v) is 6.49. The minimum atomic E-state index is -0.252. The summed E-state index contributed by atoms with van der Waals surface area (Å²) in [6.45, 7) is 0. The van der Waals surface area contributed by atoms with Gasteiger partial charge in [0.2, 0.25) is 0 Å². The molecular formula is C12H12BrN5O. The van der Waals surface area contributed by atoms with Crippen molar-refractivity contribution in [3.05, 3.63) is 46.4 Å². The van der Waals surface area contributed by atoms with Gasteiger partial charge in [-0.25, -0.2) is 10.1 Å². The zero-order chi connectivity index (χ0) is 13.4. The zero-order valence-corrected chi connectivity index (χ0v) is 11.8. The second-order valence-electron chi connectivity index (χ2n) is 4.18. The van der Waals surface area contributed by atoms with Crippen molar-refractivity contribution in [2.75, 3.05) is 0 Å². The highest BCUT2D eigenvalue weighted by Gasteiger charge is 2.24. The van der Waals surface area contributed by atoms with Gasteiger partial charge in [0.15, 0.2) is 4.60 Å². The lowest BCUT2D eigenvalue weighted by atomic mass is 10.0. The number of aromatic nitrogens is 3. The smallest absolute Gasteiger partial charge is 0.153 e. The van der Waals surface area contributed by atoms with E-state index in [2.05, 4.69) is 31.7 Å². The third-order valence-electron chi connectivity index (χ3n) is 3.09. The van der Waals surface area contributed by atoms with Crippen molar-refractivity contribution in [2.45, 2.75) is 6.04 Å². The van der Waals surface area contributed by atoms with E-state index in [0.717, 1.165) is 22.2 Å². The number of hydrogen-bond acceptors (Lipinski definition) is 5. The second-order valence-corrected chi connectivity index (χ2v) is 4.93. The van der Waals surface area contributed by atoms with Crippen LogP contribution in [0.4, 0.5) is 0 Å². The van der Waals surface area contributed by atoms with Crippen LogP contribution in [0.15, 0.2) is 39.5 Å². The summed E-state index contributed by atoms with van der Waals surface area (Å²) in [5.74, 6) is 5.70. The van der Waals surface area contributed by atoms with Crippen molar-refractivity contribution < 1.29 is 4.42 Å². The molecule has 1 aromatic carbocycles. The quantitative estimate of drug-likeness (QED) is 0.568. The molecule has 0 fully saturated rings. The number of fused-ring (bicyclic) bond motifs is 1. The lowest BCUT2D eigenvalue weighted by molar-refractivity contribution is 0.553. The van der Waals surface area contributed by atoms with Crippen LogP contribution in [-0.2, 0) is 7.05 Å². The Kier molecular flexibility index (Phi) is 3.09. The number of nitrogens with one attached hydrogen (secondary N) is 1. The van der Waals surface area contributed by atoms with Gasteiger partial charge in [-0.05, 0) is 22.0 Å². The van der Waals surface area contributed by atoms with Crippen LogP contribution in [0.1, 0.15) is 17.3 Å². The molecule has 0 saturated carbocycles. The molecule has 1 atom stereocenters. The Morgan fingerprint density at radius 1 is 1.42 bits per heavy atom. The van der Waals surface area contributed by atoms with Gasteiger partial charge in [-0.1, -0.05) is 23.4 Å². The molecular weight excluding hydrogens is 310 g/mol. The van der Waals surface area contributed by atoms with Crippen LogP contribution in [0.2, 0.25) is 0 Å². The molecule has 7 heteroatoms. The third kappa shape index (κ3) is 1.95. The van der Waals surface area contributed by atoms with Crippen LogP contribution in [-0.4, -0.2) is 15.0 Å². The van der Waals surface area contributed by atoms with Gasteiger partial charge >= 0.3 is 0 Å². The number of nitrogens with two attached hydrogens (primary N) is 1. The van der Waals surface area contributed by atoms with E-state index in [1.165, 1.54) is 0 Å². The number of benzene rings is 1. The molecule has 0 saturated heterocycles. The highest BCUT2D eigenvalue weighted by Crippen LogP contribution is 2.32. The number of furan rings is 1. The van der Waals surface area contributed by atoms with E-state index in [-0.39, 0.29) is 6.04 Å². The topological polar surface area (TPSA) is 81.9 Å². The largest absolute Gasteiger partial charge is 0.464 e. The van der Waals surface area contributed by atoms with E-state index in [4.69, 9.17) is 10.3 Å². The van der Waals surface area contributed by atoms with Crippen LogP contribution in [0.25, 0.3) is 11.0 Å². The first kappa shape index (κ1) is 12.3. The van der Waals surface area contributed by atoms with Gasteiger partial charge in [0.25, 0.3) is 0 Å². The van der Waals surface area contributed by atoms with E-state index in [1.54, 1.807) is 10.9 Å². The second kappa shape index (κ2) is 4.76. The zero-order valence-electron chi connectivity index (χ0n) is 10.2. The molecule has 2 heterocycles. The average molecular weight is 322 g/mol. The van der Waals surface area contributed by atoms with Crippen LogP contribution >= 0.6 is 15.9 Å². The Balaban J connectivity index is 2.18. The average Bonchev–Trinajstić information content (AvgIpc) is 2.98. The van der Waals surface area contributed by atoms with Gasteiger partial charge in [-0.15, -0.1) is 5.10 Å². The summed E-state index contributed by atoms with van der Waals surface area (Å²) in [6, 6.07) is 7.56. The molecule has 0 aliphatic heterocycles. The molecule has 3 N–H and O–H groups in total. The lowest BCUT2D eigenvalue weighted by Gasteiger charge is -2.15. The first-order chi connectivity index (χ1) is 9.22. The number of halogens is 1. The van der Waals surface area contributed by atoms with E-state index in [1.807, 2.05) is 31.3 Å². The van der Waals surface area contributed by atoms with Crippen LogP contribution in [0.5, 0.6) is 0 Å². The maximum absolute atomic E-state index is 5.70. The molecule has 19 heavy (non-hydrogen) atoms. The summed E-state index contributed by atoms with van der Waals surface area (Å²) in [5, 5.41) is 8.96. The monoisotopic (exact) mass is 321 g/mol. The summed E-state index contributed by atoms with van der Waals surface area (Å²) >= 11 is 3.39. The molecule has 2 aromatic heterocycles. The van der Waals surface area contributed by atoms with Gasteiger partial charge in [-0.2, -0.15) is 0 Å². The first-order valence-electron chi connectivity index (χ1n) is 5.69. The summed E-state index contributed by atoms with van der Waals surface area (Å²) < 4.78 is 7.88. The molecule has 6 nitrogen and oxygen atoms in total. The fourth-order valence-electron chi connectivity index (χ4n) is 2.18. The van der Waals surface area contributed by atoms with Gasteiger partial charge in [0, 0.05) is 18.0 Å². The van der Waals surface area contributed by atoms with Crippen molar-refractivity contribution in [1.82, 2.24) is 20.4 Å². The summed E-state index contributed by atoms with van der Waals surface area (Å²) in [5.41, 5.74) is 5.40. The molecule has 0 aliphatic carbocycles. The molecule has 0 spiro atoms. The minimum absolute atomic E-state index is 0.252. The van der Waals surface area contributed by atoms with Crippen molar-refractivity contribution in [3.63, 3.8) is 0 Å². The molecule has 0 radical (unpaired) electrons. The lowest BCUT2D eigenvalue weighted by Crippen LogP contribution is -2.30. The molecule has 0 aliphatic rings. The van der Waals surface area contributed by atoms with Crippen molar-refractivity contribution >= 4 is 26.9 Å². The van der Waals surface area contributed by atoms with Gasteiger partial charge < -0.3 is 4.42 Å². The molecule has 3 rings (SSSR count). The molecule has 98 valence electrons. The SMILES string of the molecule is Cn1nnc(Br)c1C(NN)c1coc2ccccc12. The Morgan fingerprint density at radius 3 is 2.89 bits per heavy atom.